The van der Waals surface area contributed by atoms with E-state index in [1.54, 1.807) is 17.8 Å². The first kappa shape index (κ1) is 20.3. The number of H-pyrrole nitrogens is 1. The molecule has 29 heavy (non-hydrogen) atoms. The normalized spacial score (nSPS) is 20.3. The molecule has 0 saturated carbocycles. The Morgan fingerprint density at radius 3 is 2.72 bits per heavy atom. The molecule has 1 N–H and O–H groups in total. The average Bonchev–Trinajstić information content (AvgIpc) is 3.28. The number of anilines is 1. The highest BCUT2D eigenvalue weighted by Crippen LogP contribution is 2.27. The summed E-state index contributed by atoms with van der Waals surface area (Å²) in [4.78, 5) is 33.6. The molecule has 0 amide bonds. The minimum absolute atomic E-state index is 0.0393. The molecule has 156 valence electrons. The maximum absolute atomic E-state index is 12.2. The summed E-state index contributed by atoms with van der Waals surface area (Å²) in [5.74, 6) is 2.10. The van der Waals surface area contributed by atoms with Gasteiger partial charge < -0.3 is 4.90 Å². The molecule has 7 nitrogen and oxygen atoms in total. The van der Waals surface area contributed by atoms with Crippen LogP contribution in [0.25, 0.3) is 0 Å². The second kappa shape index (κ2) is 9.71. The Morgan fingerprint density at radius 1 is 1.17 bits per heavy atom. The van der Waals surface area contributed by atoms with Crippen LogP contribution in [0.4, 0.5) is 5.95 Å². The summed E-state index contributed by atoms with van der Waals surface area (Å²) in [6, 6.07) is 1.69. The van der Waals surface area contributed by atoms with Crippen molar-refractivity contribution in [3.63, 3.8) is 0 Å². The smallest absolute Gasteiger partial charge is 0.252 e. The molecule has 0 bridgehead atoms. The van der Waals surface area contributed by atoms with Crippen LogP contribution in [-0.4, -0.2) is 56.8 Å². The lowest BCUT2D eigenvalue weighted by Crippen LogP contribution is -2.35. The van der Waals surface area contributed by atoms with Gasteiger partial charge in [-0.25, -0.2) is 15.0 Å². The lowest BCUT2D eigenvalue weighted by molar-refractivity contribution is 0.198. The Morgan fingerprint density at radius 2 is 1.97 bits per heavy atom. The third-order valence-corrected chi connectivity index (χ3v) is 6.68. The molecule has 4 heterocycles. The molecule has 2 fully saturated rings. The zero-order valence-electron chi connectivity index (χ0n) is 17.1. The molecular formula is C21H30N6OS. The zero-order chi connectivity index (χ0) is 20.1. The predicted octanol–water partition coefficient (Wildman–Crippen LogP) is 3.04. The van der Waals surface area contributed by atoms with Crippen LogP contribution in [-0.2, 0) is 6.54 Å². The Hall–Kier alpha value is -1.93. The quantitative estimate of drug-likeness (QED) is 0.551. The van der Waals surface area contributed by atoms with Crippen molar-refractivity contribution in [1.29, 1.82) is 0 Å². The molecule has 0 radical (unpaired) electrons. The molecule has 1 unspecified atom stereocenters. The van der Waals surface area contributed by atoms with Crippen molar-refractivity contribution in [3.8, 4) is 0 Å². The van der Waals surface area contributed by atoms with Gasteiger partial charge in [-0.2, -0.15) is 0 Å². The molecule has 2 aliphatic rings. The van der Waals surface area contributed by atoms with Crippen LogP contribution >= 0.6 is 11.8 Å². The second-order valence-corrected chi connectivity index (χ2v) is 9.05. The first-order valence-electron chi connectivity index (χ1n) is 10.7. The summed E-state index contributed by atoms with van der Waals surface area (Å²) < 4.78 is 0. The summed E-state index contributed by atoms with van der Waals surface area (Å²) in [5, 5.41) is 0.856. The first-order chi connectivity index (χ1) is 14.2. The summed E-state index contributed by atoms with van der Waals surface area (Å²) in [5.41, 5.74) is 2.04. The van der Waals surface area contributed by atoms with E-state index in [4.69, 9.17) is 4.98 Å². The molecule has 0 aromatic carbocycles. The summed E-state index contributed by atoms with van der Waals surface area (Å²) in [7, 11) is 0. The van der Waals surface area contributed by atoms with Gasteiger partial charge in [0.15, 0.2) is 5.16 Å². The van der Waals surface area contributed by atoms with E-state index in [9.17, 15) is 4.79 Å². The summed E-state index contributed by atoms with van der Waals surface area (Å²) in [6.07, 6.45) is 9.56. The van der Waals surface area contributed by atoms with Gasteiger partial charge in [-0.05, 0) is 38.6 Å². The Kier molecular flexibility index (Phi) is 6.82. The lowest BCUT2D eigenvalue weighted by atomic mass is 9.94. The molecule has 0 spiro atoms. The highest BCUT2D eigenvalue weighted by Gasteiger charge is 2.24. The number of nitrogens with one attached hydrogen (secondary N) is 1. The van der Waals surface area contributed by atoms with Gasteiger partial charge in [-0.1, -0.05) is 18.7 Å². The lowest BCUT2D eigenvalue weighted by Gasteiger charge is -2.32. The monoisotopic (exact) mass is 414 g/mol. The van der Waals surface area contributed by atoms with Crippen LogP contribution in [0.1, 0.15) is 56.2 Å². The molecule has 1 atom stereocenters. The van der Waals surface area contributed by atoms with Crippen molar-refractivity contribution in [2.24, 2.45) is 0 Å². The number of rotatable bonds is 7. The summed E-state index contributed by atoms with van der Waals surface area (Å²) >= 11 is 1.71. The van der Waals surface area contributed by atoms with Crippen LogP contribution in [0.3, 0.4) is 0 Å². The van der Waals surface area contributed by atoms with E-state index in [0.29, 0.717) is 5.92 Å². The van der Waals surface area contributed by atoms with Gasteiger partial charge in [0.25, 0.3) is 5.56 Å². The maximum atomic E-state index is 12.2. The van der Waals surface area contributed by atoms with E-state index < -0.39 is 0 Å². The zero-order valence-corrected chi connectivity index (χ0v) is 18.0. The number of hydrogen-bond donors (Lipinski definition) is 1. The van der Waals surface area contributed by atoms with Crippen LogP contribution in [0, 0.1) is 0 Å². The van der Waals surface area contributed by atoms with Gasteiger partial charge >= 0.3 is 0 Å². The van der Waals surface area contributed by atoms with E-state index in [1.807, 2.05) is 12.4 Å². The third-order valence-electron chi connectivity index (χ3n) is 5.60. The van der Waals surface area contributed by atoms with E-state index in [0.717, 1.165) is 80.1 Å². The van der Waals surface area contributed by atoms with Crippen LogP contribution in [0.2, 0.25) is 0 Å². The Balaban J connectivity index is 1.41. The average molecular weight is 415 g/mol. The van der Waals surface area contributed by atoms with Crippen LogP contribution in [0.5, 0.6) is 0 Å². The molecule has 2 aromatic heterocycles. The van der Waals surface area contributed by atoms with Gasteiger partial charge in [-0.15, -0.1) is 0 Å². The topological polar surface area (TPSA) is 78.0 Å². The number of aromatic amines is 1. The minimum Gasteiger partial charge on any atom is -0.342 e. The number of piperidine rings is 1. The van der Waals surface area contributed by atoms with E-state index >= 15 is 0 Å². The second-order valence-electron chi connectivity index (χ2n) is 7.98. The molecule has 4 rings (SSSR count). The highest BCUT2D eigenvalue weighted by atomic mass is 32.2. The van der Waals surface area contributed by atoms with Crippen molar-refractivity contribution < 1.29 is 0 Å². The Labute approximate surface area is 176 Å². The third kappa shape index (κ3) is 5.36. The first-order valence-corrected chi connectivity index (χ1v) is 11.7. The van der Waals surface area contributed by atoms with Crippen molar-refractivity contribution in [2.45, 2.75) is 56.6 Å². The molecule has 2 aromatic rings. The molecule has 2 saturated heterocycles. The fourth-order valence-electron chi connectivity index (χ4n) is 4.14. The molecule has 2 aliphatic heterocycles. The fraction of sp³-hybridized carbons (Fsp3) is 0.619. The predicted molar refractivity (Wildman–Crippen MR) is 117 cm³/mol. The molecule has 8 heteroatoms. The number of likely N-dealkylation sites (tertiary alicyclic amines) is 1. The number of thioether (sulfide) groups is 1. The van der Waals surface area contributed by atoms with Crippen molar-refractivity contribution in [2.75, 3.05) is 36.8 Å². The van der Waals surface area contributed by atoms with Gasteiger partial charge in [0.1, 0.15) is 0 Å². The standard InChI is InChI=1S/C21H30N6OS/c1-2-10-29-21-22-12-16(13-23-21)14-26-7-5-6-17(15-26)18-11-19(28)25-20(24-18)27-8-3-4-9-27/h11-13,17H,2-10,14-15H2,1H3,(H,24,25,28). The summed E-state index contributed by atoms with van der Waals surface area (Å²) in [6.45, 7) is 6.95. The SMILES string of the molecule is CCCSc1ncc(CN2CCCC(c3cc(=O)[nH]c(N4CCCC4)n3)C2)cn1. The van der Waals surface area contributed by atoms with E-state index in [1.165, 1.54) is 12.8 Å². The van der Waals surface area contributed by atoms with Crippen molar-refractivity contribution in [3.05, 3.63) is 40.1 Å². The van der Waals surface area contributed by atoms with Gasteiger partial charge in [0.2, 0.25) is 5.95 Å². The van der Waals surface area contributed by atoms with Crippen LogP contribution in [0.15, 0.2) is 28.4 Å². The number of nitrogens with zero attached hydrogens (tertiary/aromatic N) is 5. The van der Waals surface area contributed by atoms with Gasteiger partial charge in [0.05, 0.1) is 5.69 Å². The maximum Gasteiger partial charge on any atom is 0.252 e. The fourth-order valence-corrected chi connectivity index (χ4v) is 4.78. The Bertz CT molecular complexity index is 849. The van der Waals surface area contributed by atoms with E-state index in [-0.39, 0.29) is 5.56 Å². The van der Waals surface area contributed by atoms with Crippen molar-refractivity contribution in [1.82, 2.24) is 24.8 Å². The molecule has 0 aliphatic carbocycles. The minimum atomic E-state index is -0.0393. The van der Waals surface area contributed by atoms with Crippen molar-refractivity contribution >= 4 is 17.7 Å². The number of hydrogen-bond acceptors (Lipinski definition) is 7. The van der Waals surface area contributed by atoms with Crippen LogP contribution < -0.4 is 10.5 Å². The van der Waals surface area contributed by atoms with Gasteiger partial charge in [0, 0.05) is 61.9 Å². The number of aromatic nitrogens is 4. The van der Waals surface area contributed by atoms with E-state index in [2.05, 4.69) is 31.7 Å². The molecular weight excluding hydrogens is 384 g/mol. The largest absolute Gasteiger partial charge is 0.342 e. The highest BCUT2D eigenvalue weighted by molar-refractivity contribution is 7.99. The van der Waals surface area contributed by atoms with Gasteiger partial charge in [-0.3, -0.25) is 14.7 Å².